The number of hydrogen-bond donors (Lipinski definition) is 1. The van der Waals surface area contributed by atoms with Crippen LogP contribution in [0.15, 0.2) is 42.5 Å². The van der Waals surface area contributed by atoms with Gasteiger partial charge in [0.25, 0.3) is 0 Å². The number of piperidine rings is 1. The van der Waals surface area contributed by atoms with Crippen LogP contribution in [0.3, 0.4) is 0 Å². The summed E-state index contributed by atoms with van der Waals surface area (Å²) in [7, 11) is 2.09. The summed E-state index contributed by atoms with van der Waals surface area (Å²) in [6.45, 7) is 1.96. The smallest absolute Gasteiger partial charge is 0.411 e. The predicted octanol–water partition coefficient (Wildman–Crippen LogP) is 3.48. The fourth-order valence-corrected chi connectivity index (χ4v) is 2.73. The molecule has 21 heavy (non-hydrogen) atoms. The first-order chi connectivity index (χ1) is 10.2. The molecule has 4 nitrogen and oxygen atoms in total. The molecule has 1 aliphatic rings. The Morgan fingerprint density at radius 3 is 2.67 bits per heavy atom. The van der Waals surface area contributed by atoms with Gasteiger partial charge >= 0.3 is 6.09 Å². The highest BCUT2D eigenvalue weighted by atomic mass is 16.6. The van der Waals surface area contributed by atoms with Crippen LogP contribution >= 0.6 is 0 Å². The van der Waals surface area contributed by atoms with Crippen LogP contribution in [-0.2, 0) is 4.74 Å². The molecular weight excluding hydrogens is 264 g/mol. The Morgan fingerprint density at radius 2 is 1.86 bits per heavy atom. The third kappa shape index (κ3) is 3.34. The van der Waals surface area contributed by atoms with E-state index in [0.717, 1.165) is 42.4 Å². The SMILES string of the molecule is CN1CCC(OC(=O)Nc2cccc3ccccc23)CC1. The lowest BCUT2D eigenvalue weighted by Gasteiger charge is -2.28. The van der Waals surface area contributed by atoms with Gasteiger partial charge in [0.1, 0.15) is 6.10 Å². The molecule has 0 aromatic heterocycles. The summed E-state index contributed by atoms with van der Waals surface area (Å²) in [5, 5.41) is 5.00. The molecule has 0 aliphatic carbocycles. The van der Waals surface area contributed by atoms with Gasteiger partial charge in [0.2, 0.25) is 0 Å². The summed E-state index contributed by atoms with van der Waals surface area (Å²) in [6, 6.07) is 13.9. The first kappa shape index (κ1) is 13.9. The average molecular weight is 284 g/mol. The second-order valence-electron chi connectivity index (χ2n) is 5.56. The zero-order chi connectivity index (χ0) is 14.7. The average Bonchev–Trinajstić information content (AvgIpc) is 2.50. The van der Waals surface area contributed by atoms with E-state index in [-0.39, 0.29) is 12.2 Å². The van der Waals surface area contributed by atoms with Gasteiger partial charge in [0.05, 0.1) is 5.69 Å². The van der Waals surface area contributed by atoms with E-state index < -0.39 is 0 Å². The van der Waals surface area contributed by atoms with Crippen molar-refractivity contribution in [1.29, 1.82) is 0 Å². The van der Waals surface area contributed by atoms with Gasteiger partial charge in [-0.2, -0.15) is 0 Å². The zero-order valence-corrected chi connectivity index (χ0v) is 12.2. The topological polar surface area (TPSA) is 41.6 Å². The molecule has 0 saturated carbocycles. The molecule has 1 saturated heterocycles. The number of nitrogens with one attached hydrogen (secondary N) is 1. The van der Waals surface area contributed by atoms with Crippen molar-refractivity contribution in [3.05, 3.63) is 42.5 Å². The second-order valence-corrected chi connectivity index (χ2v) is 5.56. The van der Waals surface area contributed by atoms with E-state index in [4.69, 9.17) is 4.74 Å². The maximum Gasteiger partial charge on any atom is 0.411 e. The fraction of sp³-hybridized carbons (Fsp3) is 0.353. The zero-order valence-electron chi connectivity index (χ0n) is 12.2. The summed E-state index contributed by atoms with van der Waals surface area (Å²) >= 11 is 0. The van der Waals surface area contributed by atoms with Gasteiger partial charge in [0.15, 0.2) is 0 Å². The summed E-state index contributed by atoms with van der Waals surface area (Å²) in [5.74, 6) is 0. The maximum absolute atomic E-state index is 12.1. The van der Waals surface area contributed by atoms with Crippen molar-refractivity contribution in [1.82, 2.24) is 4.90 Å². The van der Waals surface area contributed by atoms with Gasteiger partial charge in [-0.1, -0.05) is 36.4 Å². The number of rotatable bonds is 2. The number of likely N-dealkylation sites (tertiary alicyclic amines) is 1. The number of fused-ring (bicyclic) bond motifs is 1. The molecule has 2 aromatic rings. The predicted molar refractivity (Wildman–Crippen MR) is 84.6 cm³/mol. The Hall–Kier alpha value is -2.07. The van der Waals surface area contributed by atoms with Crippen molar-refractivity contribution in [2.24, 2.45) is 0 Å². The third-order valence-electron chi connectivity index (χ3n) is 3.97. The number of anilines is 1. The van der Waals surface area contributed by atoms with Crippen molar-refractivity contribution >= 4 is 22.6 Å². The lowest BCUT2D eigenvalue weighted by atomic mass is 10.1. The maximum atomic E-state index is 12.1. The highest BCUT2D eigenvalue weighted by molar-refractivity contribution is 6.00. The van der Waals surface area contributed by atoms with E-state index in [1.165, 1.54) is 0 Å². The van der Waals surface area contributed by atoms with Gasteiger partial charge in [-0.15, -0.1) is 0 Å². The minimum Gasteiger partial charge on any atom is -0.446 e. The molecule has 0 unspecified atom stereocenters. The third-order valence-corrected chi connectivity index (χ3v) is 3.97. The van der Waals surface area contributed by atoms with Crippen molar-refractivity contribution < 1.29 is 9.53 Å². The number of nitrogens with zero attached hydrogens (tertiary/aromatic N) is 1. The van der Waals surface area contributed by atoms with E-state index >= 15 is 0 Å². The molecule has 1 fully saturated rings. The fourth-order valence-electron chi connectivity index (χ4n) is 2.73. The minimum atomic E-state index is -0.360. The van der Waals surface area contributed by atoms with E-state index in [0.29, 0.717) is 0 Å². The quantitative estimate of drug-likeness (QED) is 0.918. The molecule has 4 heteroatoms. The molecule has 3 rings (SSSR count). The molecule has 1 N–H and O–H groups in total. The van der Waals surface area contributed by atoms with Crippen LogP contribution in [0, 0.1) is 0 Å². The van der Waals surface area contributed by atoms with E-state index in [1.54, 1.807) is 0 Å². The van der Waals surface area contributed by atoms with Gasteiger partial charge < -0.3 is 9.64 Å². The number of benzene rings is 2. The normalized spacial score (nSPS) is 16.8. The van der Waals surface area contributed by atoms with Gasteiger partial charge in [-0.05, 0) is 31.3 Å². The van der Waals surface area contributed by atoms with Crippen LogP contribution in [0.1, 0.15) is 12.8 Å². The van der Waals surface area contributed by atoms with Crippen LogP contribution < -0.4 is 5.32 Å². The van der Waals surface area contributed by atoms with E-state index in [1.807, 2.05) is 42.5 Å². The molecule has 1 heterocycles. The lowest BCUT2D eigenvalue weighted by Crippen LogP contribution is -2.36. The molecule has 1 aliphatic heterocycles. The highest BCUT2D eigenvalue weighted by Crippen LogP contribution is 2.23. The molecule has 0 atom stereocenters. The van der Waals surface area contributed by atoms with Crippen LogP contribution in [0.4, 0.5) is 10.5 Å². The van der Waals surface area contributed by atoms with Crippen molar-refractivity contribution in [3.63, 3.8) is 0 Å². The Labute approximate surface area is 124 Å². The van der Waals surface area contributed by atoms with Crippen LogP contribution in [0.2, 0.25) is 0 Å². The molecule has 0 radical (unpaired) electrons. The van der Waals surface area contributed by atoms with E-state index in [2.05, 4.69) is 17.3 Å². The summed E-state index contributed by atoms with van der Waals surface area (Å²) in [6.07, 6.45) is 1.47. The number of carbonyl (C=O) groups is 1. The van der Waals surface area contributed by atoms with Crippen molar-refractivity contribution in [3.8, 4) is 0 Å². The van der Waals surface area contributed by atoms with Gasteiger partial charge in [-0.3, -0.25) is 5.32 Å². The molecule has 110 valence electrons. The van der Waals surface area contributed by atoms with Crippen molar-refractivity contribution in [2.45, 2.75) is 18.9 Å². The van der Waals surface area contributed by atoms with Crippen LogP contribution in [0.25, 0.3) is 10.8 Å². The van der Waals surface area contributed by atoms with Gasteiger partial charge in [-0.25, -0.2) is 4.79 Å². The Morgan fingerprint density at radius 1 is 1.14 bits per heavy atom. The lowest BCUT2D eigenvalue weighted by molar-refractivity contribution is 0.0662. The molecular formula is C17H20N2O2. The summed E-state index contributed by atoms with van der Waals surface area (Å²) < 4.78 is 5.52. The van der Waals surface area contributed by atoms with Crippen LogP contribution in [-0.4, -0.2) is 37.2 Å². The number of ether oxygens (including phenoxy) is 1. The van der Waals surface area contributed by atoms with Crippen molar-refractivity contribution in [2.75, 3.05) is 25.5 Å². The molecule has 0 bridgehead atoms. The monoisotopic (exact) mass is 284 g/mol. The first-order valence-corrected chi connectivity index (χ1v) is 7.36. The number of hydrogen-bond acceptors (Lipinski definition) is 3. The number of carbonyl (C=O) groups excluding carboxylic acids is 1. The standard InChI is InChI=1S/C17H20N2O2/c1-19-11-9-14(10-12-19)21-17(20)18-16-8-4-6-13-5-2-3-7-15(13)16/h2-8,14H,9-12H2,1H3,(H,18,20). The summed E-state index contributed by atoms with van der Waals surface area (Å²) in [4.78, 5) is 14.3. The highest BCUT2D eigenvalue weighted by Gasteiger charge is 2.20. The molecule has 0 spiro atoms. The molecule has 1 amide bonds. The number of amides is 1. The Kier molecular flexibility index (Phi) is 4.06. The largest absolute Gasteiger partial charge is 0.446 e. The Balaban J connectivity index is 1.66. The van der Waals surface area contributed by atoms with E-state index in [9.17, 15) is 4.79 Å². The second kappa shape index (κ2) is 6.14. The molecule has 2 aromatic carbocycles. The first-order valence-electron chi connectivity index (χ1n) is 7.36. The summed E-state index contributed by atoms with van der Waals surface area (Å²) in [5.41, 5.74) is 0.797. The minimum absolute atomic E-state index is 0.0242. The Bertz CT molecular complexity index is 628. The van der Waals surface area contributed by atoms with Crippen LogP contribution in [0.5, 0.6) is 0 Å². The van der Waals surface area contributed by atoms with Gasteiger partial charge in [0, 0.05) is 18.5 Å².